The molecule has 18 heavy (non-hydrogen) atoms. The number of rotatable bonds is 6. The minimum absolute atomic E-state index is 0.879. The molecule has 96 valence electrons. The third-order valence-electron chi connectivity index (χ3n) is 2.91. The fourth-order valence-electron chi connectivity index (χ4n) is 2.03. The van der Waals surface area contributed by atoms with Crippen LogP contribution in [0.1, 0.15) is 25.8 Å². The van der Waals surface area contributed by atoms with Gasteiger partial charge in [-0.1, -0.05) is 43.3 Å². The maximum absolute atomic E-state index is 4.15. The number of hydrogen-bond donors (Lipinski definition) is 1. The highest BCUT2D eigenvalue weighted by molar-refractivity contribution is 5.63. The first-order valence-corrected chi connectivity index (χ1v) is 6.54. The van der Waals surface area contributed by atoms with Gasteiger partial charge in [0, 0.05) is 18.7 Å². The normalized spacial score (nSPS) is 10.8. The van der Waals surface area contributed by atoms with Crippen LogP contribution >= 0.6 is 0 Å². The predicted molar refractivity (Wildman–Crippen MR) is 73.1 cm³/mol. The average Bonchev–Trinajstić information content (AvgIpc) is 2.85. The lowest BCUT2D eigenvalue weighted by Crippen LogP contribution is -2.13. The van der Waals surface area contributed by atoms with E-state index in [-0.39, 0.29) is 0 Å². The molecule has 1 aromatic heterocycles. The fraction of sp³-hybridized carbons (Fsp3) is 0.429. The Bertz CT molecular complexity index is 490. The van der Waals surface area contributed by atoms with Crippen LogP contribution < -0.4 is 5.32 Å². The summed E-state index contributed by atoms with van der Waals surface area (Å²) in [5.41, 5.74) is 3.61. The second kappa shape index (κ2) is 6.31. The number of benzene rings is 1. The highest BCUT2D eigenvalue weighted by atomic mass is 15.4. The van der Waals surface area contributed by atoms with Crippen LogP contribution in [0.4, 0.5) is 0 Å². The highest BCUT2D eigenvalue weighted by Crippen LogP contribution is 2.22. The molecule has 1 aromatic carbocycles. The van der Waals surface area contributed by atoms with Gasteiger partial charge in [-0.3, -0.25) is 0 Å². The van der Waals surface area contributed by atoms with E-state index in [9.17, 15) is 0 Å². The molecule has 0 radical (unpaired) electrons. The van der Waals surface area contributed by atoms with Crippen molar-refractivity contribution in [3.8, 4) is 11.3 Å². The third-order valence-corrected chi connectivity index (χ3v) is 2.91. The summed E-state index contributed by atoms with van der Waals surface area (Å²) in [7, 11) is 0. The van der Waals surface area contributed by atoms with Crippen LogP contribution in [-0.2, 0) is 13.1 Å². The molecule has 0 saturated carbocycles. The first-order chi connectivity index (χ1) is 8.86. The van der Waals surface area contributed by atoms with Gasteiger partial charge in [0.2, 0.25) is 0 Å². The van der Waals surface area contributed by atoms with Gasteiger partial charge >= 0.3 is 0 Å². The maximum atomic E-state index is 4.15. The zero-order valence-corrected chi connectivity index (χ0v) is 11.1. The molecule has 0 atom stereocenters. The lowest BCUT2D eigenvalue weighted by Gasteiger charge is -2.10. The van der Waals surface area contributed by atoms with Crippen LogP contribution in [0.25, 0.3) is 11.3 Å². The number of nitrogens with one attached hydrogen (secondary N) is 1. The van der Waals surface area contributed by atoms with E-state index in [4.69, 9.17) is 0 Å². The molecular weight excluding hydrogens is 224 g/mol. The molecule has 4 heteroatoms. The molecule has 0 saturated heterocycles. The van der Waals surface area contributed by atoms with Gasteiger partial charge in [-0.05, 0) is 18.5 Å². The standard InChI is InChI=1S/C14H20N4/c1-3-9-18-14(11-16-17-18)13-8-6-5-7-12(13)10-15-4-2/h5-8,11,15H,3-4,9-10H2,1-2H3. The Kier molecular flexibility index (Phi) is 4.47. The number of aromatic nitrogens is 3. The number of nitrogens with zero attached hydrogens (tertiary/aromatic N) is 3. The molecule has 1 N–H and O–H groups in total. The van der Waals surface area contributed by atoms with Gasteiger partial charge in [0.05, 0.1) is 11.9 Å². The SMILES string of the molecule is CCCn1nncc1-c1ccccc1CNCC. The molecule has 0 aliphatic heterocycles. The van der Waals surface area contributed by atoms with E-state index >= 15 is 0 Å². The summed E-state index contributed by atoms with van der Waals surface area (Å²) in [5, 5.41) is 11.5. The van der Waals surface area contributed by atoms with Crippen LogP contribution in [0.5, 0.6) is 0 Å². The molecule has 2 aromatic rings. The minimum Gasteiger partial charge on any atom is -0.313 e. The molecule has 0 unspecified atom stereocenters. The van der Waals surface area contributed by atoms with Crippen molar-refractivity contribution in [1.29, 1.82) is 0 Å². The Labute approximate surface area is 108 Å². The number of hydrogen-bond acceptors (Lipinski definition) is 3. The molecular formula is C14H20N4. The van der Waals surface area contributed by atoms with Gasteiger partial charge in [0.25, 0.3) is 0 Å². The summed E-state index contributed by atoms with van der Waals surface area (Å²) >= 11 is 0. The summed E-state index contributed by atoms with van der Waals surface area (Å²) in [6.45, 7) is 7.02. The predicted octanol–water partition coefficient (Wildman–Crippen LogP) is 2.46. The largest absolute Gasteiger partial charge is 0.313 e. The lowest BCUT2D eigenvalue weighted by molar-refractivity contribution is 0.583. The van der Waals surface area contributed by atoms with Crippen molar-refractivity contribution in [2.45, 2.75) is 33.4 Å². The Morgan fingerprint density at radius 3 is 2.83 bits per heavy atom. The third kappa shape index (κ3) is 2.76. The smallest absolute Gasteiger partial charge is 0.0888 e. The lowest BCUT2D eigenvalue weighted by atomic mass is 10.0. The minimum atomic E-state index is 0.879. The monoisotopic (exact) mass is 244 g/mol. The van der Waals surface area contributed by atoms with Crippen molar-refractivity contribution in [1.82, 2.24) is 20.3 Å². The summed E-state index contributed by atoms with van der Waals surface area (Å²) in [5.74, 6) is 0. The van der Waals surface area contributed by atoms with Gasteiger partial charge in [0.15, 0.2) is 0 Å². The summed E-state index contributed by atoms with van der Waals surface area (Å²) in [6.07, 6.45) is 2.91. The fourth-order valence-corrected chi connectivity index (χ4v) is 2.03. The Hall–Kier alpha value is -1.68. The molecule has 4 nitrogen and oxygen atoms in total. The van der Waals surface area contributed by atoms with Crippen molar-refractivity contribution >= 4 is 0 Å². The van der Waals surface area contributed by atoms with Crippen LogP contribution in [0.15, 0.2) is 30.5 Å². The Balaban J connectivity index is 2.33. The van der Waals surface area contributed by atoms with Crippen molar-refractivity contribution in [2.75, 3.05) is 6.54 Å². The van der Waals surface area contributed by atoms with E-state index in [1.54, 1.807) is 0 Å². The molecule has 0 aliphatic carbocycles. The molecule has 0 aliphatic rings. The van der Waals surface area contributed by atoms with E-state index in [1.807, 2.05) is 10.9 Å². The van der Waals surface area contributed by atoms with E-state index in [0.717, 1.165) is 31.7 Å². The zero-order chi connectivity index (χ0) is 12.8. The summed E-state index contributed by atoms with van der Waals surface area (Å²) in [4.78, 5) is 0. The van der Waals surface area contributed by atoms with Gasteiger partial charge in [-0.25, -0.2) is 4.68 Å². The zero-order valence-electron chi connectivity index (χ0n) is 11.1. The van der Waals surface area contributed by atoms with Crippen LogP contribution in [-0.4, -0.2) is 21.5 Å². The molecule has 0 bridgehead atoms. The van der Waals surface area contributed by atoms with Crippen LogP contribution in [0.2, 0.25) is 0 Å². The van der Waals surface area contributed by atoms with Gasteiger partial charge < -0.3 is 5.32 Å². The topological polar surface area (TPSA) is 42.7 Å². The first-order valence-electron chi connectivity index (χ1n) is 6.54. The summed E-state index contributed by atoms with van der Waals surface area (Å²) in [6, 6.07) is 8.43. The Morgan fingerprint density at radius 1 is 1.22 bits per heavy atom. The van der Waals surface area contributed by atoms with E-state index < -0.39 is 0 Å². The first kappa shape index (κ1) is 12.8. The van der Waals surface area contributed by atoms with Crippen molar-refractivity contribution in [2.24, 2.45) is 0 Å². The highest BCUT2D eigenvalue weighted by Gasteiger charge is 2.09. The second-order valence-corrected chi connectivity index (χ2v) is 4.28. The van der Waals surface area contributed by atoms with Crippen molar-refractivity contribution in [3.05, 3.63) is 36.0 Å². The van der Waals surface area contributed by atoms with Crippen LogP contribution in [0, 0.1) is 0 Å². The van der Waals surface area contributed by atoms with E-state index in [0.29, 0.717) is 0 Å². The quantitative estimate of drug-likeness (QED) is 0.848. The molecule has 2 rings (SSSR count). The van der Waals surface area contributed by atoms with Crippen molar-refractivity contribution in [3.63, 3.8) is 0 Å². The molecule has 0 spiro atoms. The van der Waals surface area contributed by atoms with Gasteiger partial charge in [-0.2, -0.15) is 0 Å². The van der Waals surface area contributed by atoms with Gasteiger partial charge in [0.1, 0.15) is 0 Å². The maximum Gasteiger partial charge on any atom is 0.0888 e. The number of aryl methyl sites for hydroxylation is 1. The average molecular weight is 244 g/mol. The second-order valence-electron chi connectivity index (χ2n) is 4.28. The Morgan fingerprint density at radius 2 is 2.06 bits per heavy atom. The molecule has 0 amide bonds. The molecule has 0 fully saturated rings. The van der Waals surface area contributed by atoms with E-state index in [1.165, 1.54) is 11.1 Å². The molecule has 1 heterocycles. The van der Waals surface area contributed by atoms with Crippen LogP contribution in [0.3, 0.4) is 0 Å². The van der Waals surface area contributed by atoms with Crippen molar-refractivity contribution < 1.29 is 0 Å². The van der Waals surface area contributed by atoms with E-state index in [2.05, 4.69) is 53.7 Å². The van der Waals surface area contributed by atoms with Gasteiger partial charge in [-0.15, -0.1) is 5.10 Å². The summed E-state index contributed by atoms with van der Waals surface area (Å²) < 4.78 is 1.98.